The summed E-state index contributed by atoms with van der Waals surface area (Å²) >= 11 is 0. The van der Waals surface area contributed by atoms with Crippen molar-refractivity contribution in [2.75, 3.05) is 6.61 Å². The normalized spacial score (nSPS) is 34.2. The quantitative estimate of drug-likeness (QED) is 0.670. The molecule has 15 heavy (non-hydrogen) atoms. The minimum Gasteiger partial charge on any atom is -0.466 e. The molecule has 3 heteroatoms. The van der Waals surface area contributed by atoms with Crippen LogP contribution in [0.25, 0.3) is 0 Å². The zero-order chi connectivity index (χ0) is 10.9. The molecule has 2 rings (SSSR count). The van der Waals surface area contributed by atoms with Crippen LogP contribution >= 0.6 is 0 Å². The molecule has 0 spiro atoms. The third-order valence-corrected chi connectivity index (χ3v) is 4.00. The molecule has 0 N–H and O–H groups in total. The van der Waals surface area contributed by atoms with Crippen molar-refractivity contribution in [1.29, 1.82) is 0 Å². The summed E-state index contributed by atoms with van der Waals surface area (Å²) in [5.74, 6) is 0.568. The van der Waals surface area contributed by atoms with Crippen LogP contribution in [0.4, 0.5) is 0 Å². The Kier molecular flexibility index (Phi) is 2.81. The molecule has 0 amide bonds. The van der Waals surface area contributed by atoms with E-state index in [1.807, 2.05) is 0 Å². The second kappa shape index (κ2) is 3.95. The lowest BCUT2D eigenvalue weighted by Gasteiger charge is -2.50. The molecular weight excluding hydrogens is 192 g/mol. The molecular formula is C12H18O3. The van der Waals surface area contributed by atoms with Crippen LogP contribution in [0.5, 0.6) is 0 Å². The van der Waals surface area contributed by atoms with Crippen LogP contribution in [0.15, 0.2) is 0 Å². The van der Waals surface area contributed by atoms with Gasteiger partial charge in [0.25, 0.3) is 0 Å². The van der Waals surface area contributed by atoms with Crippen molar-refractivity contribution in [3.8, 4) is 0 Å². The van der Waals surface area contributed by atoms with E-state index < -0.39 is 0 Å². The van der Waals surface area contributed by atoms with Crippen molar-refractivity contribution < 1.29 is 14.3 Å². The first kappa shape index (κ1) is 10.7. The summed E-state index contributed by atoms with van der Waals surface area (Å²) in [6, 6.07) is 0. The molecule has 0 bridgehead atoms. The number of ether oxygens (including phenoxy) is 1. The Morgan fingerprint density at radius 2 is 2.33 bits per heavy atom. The SMILES string of the molecule is CCOC(=O)C[C@]12CC[C@H]1CCCC2=O. The average molecular weight is 210 g/mol. The highest BCUT2D eigenvalue weighted by Gasteiger charge is 2.54. The Labute approximate surface area is 90.2 Å². The third kappa shape index (κ3) is 1.68. The highest BCUT2D eigenvalue weighted by Crippen LogP contribution is 2.55. The maximum absolute atomic E-state index is 11.9. The van der Waals surface area contributed by atoms with Gasteiger partial charge in [-0.3, -0.25) is 9.59 Å². The molecule has 3 nitrogen and oxygen atoms in total. The van der Waals surface area contributed by atoms with Crippen molar-refractivity contribution in [3.63, 3.8) is 0 Å². The fraction of sp³-hybridized carbons (Fsp3) is 0.833. The van der Waals surface area contributed by atoms with Crippen molar-refractivity contribution in [3.05, 3.63) is 0 Å². The van der Waals surface area contributed by atoms with Crippen LogP contribution < -0.4 is 0 Å². The zero-order valence-corrected chi connectivity index (χ0v) is 9.25. The molecule has 2 atom stereocenters. The Hall–Kier alpha value is -0.860. The fourth-order valence-corrected chi connectivity index (χ4v) is 3.04. The van der Waals surface area contributed by atoms with Gasteiger partial charge in [-0.15, -0.1) is 0 Å². The summed E-state index contributed by atoms with van der Waals surface area (Å²) < 4.78 is 4.95. The van der Waals surface area contributed by atoms with Gasteiger partial charge in [0.1, 0.15) is 5.78 Å². The highest BCUT2D eigenvalue weighted by molar-refractivity contribution is 5.90. The number of fused-ring (bicyclic) bond motifs is 1. The smallest absolute Gasteiger partial charge is 0.306 e. The summed E-state index contributed by atoms with van der Waals surface area (Å²) in [7, 11) is 0. The van der Waals surface area contributed by atoms with Crippen LogP contribution in [-0.4, -0.2) is 18.4 Å². The Balaban J connectivity index is 2.04. The predicted molar refractivity (Wildman–Crippen MR) is 55.3 cm³/mol. The first-order valence-electron chi connectivity index (χ1n) is 5.88. The number of carbonyl (C=O) groups excluding carboxylic acids is 2. The first-order valence-corrected chi connectivity index (χ1v) is 5.88. The average Bonchev–Trinajstić information content (AvgIpc) is 2.17. The van der Waals surface area contributed by atoms with Gasteiger partial charge >= 0.3 is 5.97 Å². The molecule has 2 aliphatic carbocycles. The fourth-order valence-electron chi connectivity index (χ4n) is 3.04. The van der Waals surface area contributed by atoms with Gasteiger partial charge in [0, 0.05) is 11.8 Å². The molecule has 0 radical (unpaired) electrons. The van der Waals surface area contributed by atoms with Crippen LogP contribution in [0, 0.1) is 11.3 Å². The summed E-state index contributed by atoms with van der Waals surface area (Å²) in [6.07, 6.45) is 5.12. The van der Waals surface area contributed by atoms with Gasteiger partial charge in [-0.25, -0.2) is 0 Å². The largest absolute Gasteiger partial charge is 0.466 e. The third-order valence-electron chi connectivity index (χ3n) is 4.00. The zero-order valence-electron chi connectivity index (χ0n) is 9.25. The van der Waals surface area contributed by atoms with E-state index in [0.717, 1.165) is 25.7 Å². The number of esters is 1. The molecule has 2 saturated carbocycles. The molecule has 0 aliphatic heterocycles. The molecule has 2 fully saturated rings. The Bertz CT molecular complexity index is 285. The monoisotopic (exact) mass is 210 g/mol. The van der Waals surface area contributed by atoms with E-state index in [2.05, 4.69) is 0 Å². The van der Waals surface area contributed by atoms with E-state index in [4.69, 9.17) is 4.74 Å². The number of Topliss-reactive ketones (excluding diaryl/α,β-unsaturated/α-hetero) is 1. The van der Waals surface area contributed by atoms with Gasteiger partial charge in [-0.2, -0.15) is 0 Å². The predicted octanol–water partition coefficient (Wildman–Crippen LogP) is 2.09. The lowest BCUT2D eigenvalue weighted by molar-refractivity contribution is -0.160. The highest BCUT2D eigenvalue weighted by atomic mass is 16.5. The van der Waals surface area contributed by atoms with E-state index in [9.17, 15) is 9.59 Å². The topological polar surface area (TPSA) is 43.4 Å². The van der Waals surface area contributed by atoms with E-state index in [0.29, 0.717) is 31.1 Å². The standard InChI is InChI=1S/C12H18O3/c1-2-15-11(14)8-12-7-6-9(12)4-3-5-10(12)13/h9H,2-8H2,1H3/t9-,12-/m1/s1. The minimum absolute atomic E-state index is 0.197. The van der Waals surface area contributed by atoms with Crippen molar-refractivity contribution in [2.24, 2.45) is 11.3 Å². The summed E-state index contributed by atoms with van der Waals surface area (Å²) in [5.41, 5.74) is -0.315. The molecule has 2 aliphatic rings. The van der Waals surface area contributed by atoms with E-state index in [1.165, 1.54) is 0 Å². The van der Waals surface area contributed by atoms with Gasteiger partial charge in [0.05, 0.1) is 13.0 Å². The van der Waals surface area contributed by atoms with Gasteiger partial charge in [0.2, 0.25) is 0 Å². The Morgan fingerprint density at radius 1 is 1.53 bits per heavy atom. The van der Waals surface area contributed by atoms with Gasteiger partial charge in [0.15, 0.2) is 0 Å². The Morgan fingerprint density at radius 3 is 2.87 bits per heavy atom. The van der Waals surface area contributed by atoms with E-state index in [1.54, 1.807) is 6.92 Å². The second-order valence-corrected chi connectivity index (χ2v) is 4.69. The van der Waals surface area contributed by atoms with Gasteiger partial charge in [-0.05, 0) is 38.5 Å². The molecule has 0 unspecified atom stereocenters. The molecule has 0 aromatic carbocycles. The van der Waals surface area contributed by atoms with E-state index >= 15 is 0 Å². The molecule has 0 saturated heterocycles. The summed E-state index contributed by atoms with van der Waals surface area (Å²) in [6.45, 7) is 2.21. The summed E-state index contributed by atoms with van der Waals surface area (Å²) in [5, 5.41) is 0. The van der Waals surface area contributed by atoms with Crippen LogP contribution in [0.1, 0.15) is 45.4 Å². The first-order chi connectivity index (χ1) is 7.19. The maximum atomic E-state index is 11.9. The van der Waals surface area contributed by atoms with Crippen molar-refractivity contribution >= 4 is 11.8 Å². The number of hydrogen-bond acceptors (Lipinski definition) is 3. The van der Waals surface area contributed by atoms with Crippen molar-refractivity contribution in [2.45, 2.75) is 45.4 Å². The number of ketones is 1. The van der Waals surface area contributed by atoms with Gasteiger partial charge in [-0.1, -0.05) is 0 Å². The van der Waals surface area contributed by atoms with Crippen LogP contribution in [0.2, 0.25) is 0 Å². The molecule has 0 aromatic rings. The lowest BCUT2D eigenvalue weighted by Crippen LogP contribution is -2.50. The van der Waals surface area contributed by atoms with Crippen LogP contribution in [0.3, 0.4) is 0 Å². The minimum atomic E-state index is -0.315. The van der Waals surface area contributed by atoms with E-state index in [-0.39, 0.29) is 11.4 Å². The van der Waals surface area contributed by atoms with Crippen molar-refractivity contribution in [1.82, 2.24) is 0 Å². The number of carbonyl (C=O) groups is 2. The number of hydrogen-bond donors (Lipinski definition) is 0. The molecule has 84 valence electrons. The molecule has 0 heterocycles. The lowest BCUT2D eigenvalue weighted by atomic mass is 9.52. The maximum Gasteiger partial charge on any atom is 0.306 e. The van der Waals surface area contributed by atoms with Gasteiger partial charge < -0.3 is 4.74 Å². The number of rotatable bonds is 3. The second-order valence-electron chi connectivity index (χ2n) is 4.69. The summed E-state index contributed by atoms with van der Waals surface area (Å²) in [4.78, 5) is 23.4. The molecule has 0 aromatic heterocycles. The van der Waals surface area contributed by atoms with Crippen LogP contribution in [-0.2, 0) is 14.3 Å².